The van der Waals surface area contributed by atoms with Crippen LogP contribution in [0.1, 0.15) is 24.0 Å². The Morgan fingerprint density at radius 3 is 2.71 bits per heavy atom. The molecule has 2 rings (SSSR count). The van der Waals surface area contributed by atoms with Crippen molar-refractivity contribution in [2.45, 2.75) is 31.2 Å². The minimum absolute atomic E-state index is 0.348. The van der Waals surface area contributed by atoms with E-state index in [4.69, 9.17) is 5.73 Å². The van der Waals surface area contributed by atoms with E-state index in [-0.39, 0.29) is 0 Å². The predicted octanol–water partition coefficient (Wildman–Crippen LogP) is 1.14. The molecule has 0 aliphatic heterocycles. The summed E-state index contributed by atoms with van der Waals surface area (Å²) < 4.78 is 26.9. The molecule has 1 aliphatic carbocycles. The molecule has 0 aromatic heterocycles. The van der Waals surface area contributed by atoms with Gasteiger partial charge in [0.1, 0.15) is 0 Å². The topological polar surface area (TPSA) is 72.2 Å². The zero-order valence-corrected chi connectivity index (χ0v) is 10.8. The van der Waals surface area contributed by atoms with Crippen LogP contribution in [0.5, 0.6) is 0 Å². The van der Waals surface area contributed by atoms with Gasteiger partial charge in [0.05, 0.1) is 4.90 Å². The zero-order valence-electron chi connectivity index (χ0n) is 9.94. The zero-order chi connectivity index (χ0) is 12.5. The molecule has 1 aromatic rings. The van der Waals surface area contributed by atoms with Gasteiger partial charge in [-0.2, -0.15) is 0 Å². The summed E-state index contributed by atoms with van der Waals surface area (Å²) >= 11 is 0. The highest BCUT2D eigenvalue weighted by molar-refractivity contribution is 7.89. The lowest BCUT2D eigenvalue weighted by Gasteiger charge is -2.10. The Kier molecular flexibility index (Phi) is 3.51. The van der Waals surface area contributed by atoms with Gasteiger partial charge in [-0.1, -0.05) is 12.1 Å². The molecule has 1 fully saturated rings. The van der Waals surface area contributed by atoms with Crippen molar-refractivity contribution in [3.8, 4) is 0 Å². The molecule has 0 spiro atoms. The fourth-order valence-electron chi connectivity index (χ4n) is 1.69. The Morgan fingerprint density at radius 1 is 1.41 bits per heavy atom. The number of hydrogen-bond donors (Lipinski definition) is 2. The van der Waals surface area contributed by atoms with Crippen LogP contribution in [0.25, 0.3) is 0 Å². The molecule has 4 nitrogen and oxygen atoms in total. The molecule has 1 aromatic carbocycles. The number of benzene rings is 1. The van der Waals surface area contributed by atoms with Gasteiger partial charge in [0.15, 0.2) is 0 Å². The molecule has 1 aliphatic rings. The Labute approximate surface area is 102 Å². The number of aryl methyl sites for hydroxylation is 1. The van der Waals surface area contributed by atoms with Crippen molar-refractivity contribution in [3.63, 3.8) is 0 Å². The summed E-state index contributed by atoms with van der Waals surface area (Å²) in [6.45, 7) is 2.70. The lowest BCUT2D eigenvalue weighted by molar-refractivity contribution is 0.576. The number of sulfonamides is 1. The van der Waals surface area contributed by atoms with Gasteiger partial charge in [-0.15, -0.1) is 0 Å². The number of rotatable bonds is 5. The quantitative estimate of drug-likeness (QED) is 0.827. The first-order valence-electron chi connectivity index (χ1n) is 5.82. The lowest BCUT2D eigenvalue weighted by Crippen LogP contribution is -2.26. The number of nitrogens with one attached hydrogen (secondary N) is 1. The van der Waals surface area contributed by atoms with Gasteiger partial charge in [-0.05, 0) is 42.9 Å². The third-order valence-corrected chi connectivity index (χ3v) is 4.60. The average molecular weight is 254 g/mol. The van der Waals surface area contributed by atoms with Crippen molar-refractivity contribution in [3.05, 3.63) is 29.3 Å². The van der Waals surface area contributed by atoms with Crippen LogP contribution in [-0.4, -0.2) is 15.0 Å². The van der Waals surface area contributed by atoms with Crippen LogP contribution >= 0.6 is 0 Å². The normalized spacial score (nSPS) is 16.1. The third-order valence-electron chi connectivity index (χ3n) is 3.04. The maximum atomic E-state index is 12.1. The van der Waals surface area contributed by atoms with E-state index in [9.17, 15) is 8.42 Å². The standard InChI is InChI=1S/C12H18N2O2S/c1-9-2-3-11(7-13)6-12(9)17(15,16)14-8-10-4-5-10/h2-3,6,10,14H,4-5,7-8,13H2,1H3. The van der Waals surface area contributed by atoms with Gasteiger partial charge in [-0.25, -0.2) is 13.1 Å². The lowest BCUT2D eigenvalue weighted by atomic mass is 10.1. The largest absolute Gasteiger partial charge is 0.326 e. The third kappa shape index (κ3) is 3.06. The second-order valence-electron chi connectivity index (χ2n) is 4.60. The van der Waals surface area contributed by atoms with Gasteiger partial charge < -0.3 is 5.73 Å². The van der Waals surface area contributed by atoms with Crippen LogP contribution in [0.2, 0.25) is 0 Å². The van der Waals surface area contributed by atoms with Gasteiger partial charge in [0.25, 0.3) is 0 Å². The Balaban J connectivity index is 2.23. The Morgan fingerprint density at radius 2 is 2.12 bits per heavy atom. The first-order valence-corrected chi connectivity index (χ1v) is 7.30. The molecule has 0 bridgehead atoms. The fraction of sp³-hybridized carbons (Fsp3) is 0.500. The van der Waals surface area contributed by atoms with Crippen LogP contribution in [0, 0.1) is 12.8 Å². The molecule has 1 saturated carbocycles. The van der Waals surface area contributed by atoms with Crippen LogP contribution in [-0.2, 0) is 16.6 Å². The molecule has 5 heteroatoms. The van der Waals surface area contributed by atoms with Gasteiger partial charge in [-0.3, -0.25) is 0 Å². The molecule has 0 atom stereocenters. The van der Waals surface area contributed by atoms with Crippen LogP contribution < -0.4 is 10.5 Å². The minimum Gasteiger partial charge on any atom is -0.326 e. The van der Waals surface area contributed by atoms with E-state index in [1.807, 2.05) is 6.07 Å². The molecule has 0 amide bonds. The van der Waals surface area contributed by atoms with Crippen LogP contribution in [0.15, 0.2) is 23.1 Å². The van der Waals surface area contributed by atoms with Crippen molar-refractivity contribution in [2.75, 3.05) is 6.54 Å². The van der Waals surface area contributed by atoms with Crippen LogP contribution in [0.4, 0.5) is 0 Å². The molecule has 0 radical (unpaired) electrons. The summed E-state index contributed by atoms with van der Waals surface area (Å²) in [6, 6.07) is 5.31. The molecule has 17 heavy (non-hydrogen) atoms. The van der Waals surface area contributed by atoms with E-state index < -0.39 is 10.0 Å². The Hall–Kier alpha value is -0.910. The molecule has 3 N–H and O–H groups in total. The highest BCUT2D eigenvalue weighted by atomic mass is 32.2. The first-order chi connectivity index (χ1) is 8.03. The molecule has 0 heterocycles. The van der Waals surface area contributed by atoms with E-state index in [0.717, 1.165) is 24.0 Å². The summed E-state index contributed by atoms with van der Waals surface area (Å²) in [5.41, 5.74) is 7.12. The van der Waals surface area contributed by atoms with E-state index in [2.05, 4.69) is 4.72 Å². The van der Waals surface area contributed by atoms with Crippen LogP contribution in [0.3, 0.4) is 0 Å². The number of hydrogen-bond acceptors (Lipinski definition) is 3. The molecule has 0 unspecified atom stereocenters. The first kappa shape index (κ1) is 12.5. The summed E-state index contributed by atoms with van der Waals surface area (Å²) in [7, 11) is -3.38. The molecule has 94 valence electrons. The SMILES string of the molecule is Cc1ccc(CN)cc1S(=O)(=O)NCC1CC1. The van der Waals surface area contributed by atoms with Gasteiger partial charge in [0.2, 0.25) is 10.0 Å². The summed E-state index contributed by atoms with van der Waals surface area (Å²) in [5.74, 6) is 0.530. The maximum absolute atomic E-state index is 12.1. The summed E-state index contributed by atoms with van der Waals surface area (Å²) in [5, 5.41) is 0. The van der Waals surface area contributed by atoms with E-state index in [1.165, 1.54) is 0 Å². The Bertz CT molecular complexity index is 507. The van der Waals surface area contributed by atoms with Crippen molar-refractivity contribution in [1.82, 2.24) is 4.72 Å². The predicted molar refractivity (Wildman–Crippen MR) is 67.0 cm³/mol. The molecular weight excluding hydrogens is 236 g/mol. The monoisotopic (exact) mass is 254 g/mol. The smallest absolute Gasteiger partial charge is 0.240 e. The van der Waals surface area contributed by atoms with E-state index in [0.29, 0.717) is 23.9 Å². The maximum Gasteiger partial charge on any atom is 0.240 e. The van der Waals surface area contributed by atoms with Crippen molar-refractivity contribution >= 4 is 10.0 Å². The average Bonchev–Trinajstić information content (AvgIpc) is 3.11. The van der Waals surface area contributed by atoms with Gasteiger partial charge in [0, 0.05) is 13.1 Å². The molecule has 0 saturated heterocycles. The van der Waals surface area contributed by atoms with E-state index in [1.54, 1.807) is 19.1 Å². The summed E-state index contributed by atoms with van der Waals surface area (Å²) in [6.07, 6.45) is 2.26. The highest BCUT2D eigenvalue weighted by Crippen LogP contribution is 2.28. The van der Waals surface area contributed by atoms with Gasteiger partial charge >= 0.3 is 0 Å². The highest BCUT2D eigenvalue weighted by Gasteiger charge is 2.25. The van der Waals surface area contributed by atoms with Crippen molar-refractivity contribution in [2.24, 2.45) is 11.7 Å². The fourth-order valence-corrected chi connectivity index (χ4v) is 3.10. The molecular formula is C12H18N2O2S. The number of nitrogens with two attached hydrogens (primary N) is 1. The second-order valence-corrected chi connectivity index (χ2v) is 6.33. The van der Waals surface area contributed by atoms with E-state index >= 15 is 0 Å². The van der Waals surface area contributed by atoms with Crippen molar-refractivity contribution in [1.29, 1.82) is 0 Å². The van der Waals surface area contributed by atoms with Crippen molar-refractivity contribution < 1.29 is 8.42 Å². The minimum atomic E-state index is -3.38. The second kappa shape index (κ2) is 4.76. The summed E-state index contributed by atoms with van der Waals surface area (Å²) in [4.78, 5) is 0.348.